The minimum atomic E-state index is -0.900. The summed E-state index contributed by atoms with van der Waals surface area (Å²) in [6.07, 6.45) is 1.78. The van der Waals surface area contributed by atoms with Gasteiger partial charge in [-0.2, -0.15) is 0 Å². The summed E-state index contributed by atoms with van der Waals surface area (Å²) in [5, 5.41) is 7.74. The number of aryl methyl sites for hydroxylation is 1. The van der Waals surface area contributed by atoms with Crippen LogP contribution in [-0.2, 0) is 20.7 Å². The van der Waals surface area contributed by atoms with Crippen LogP contribution in [0.25, 0.3) is 10.8 Å². The average Bonchev–Trinajstić information content (AvgIpc) is 2.92. The fourth-order valence-corrected chi connectivity index (χ4v) is 4.76. The Morgan fingerprint density at radius 3 is 2.15 bits per heavy atom. The summed E-state index contributed by atoms with van der Waals surface area (Å²) in [6, 6.07) is 20.4. The van der Waals surface area contributed by atoms with Crippen molar-refractivity contribution in [1.29, 1.82) is 0 Å². The number of amides is 3. The minimum absolute atomic E-state index is 0.261. The Morgan fingerprint density at radius 2 is 1.54 bits per heavy atom. The van der Waals surface area contributed by atoms with E-state index in [4.69, 9.17) is 4.74 Å². The monoisotopic (exact) mass is 559 g/mol. The molecule has 220 valence electrons. The molecule has 3 rings (SSSR count). The molecule has 7 nitrogen and oxygen atoms in total. The van der Waals surface area contributed by atoms with Crippen LogP contribution in [0, 0.1) is 5.92 Å². The van der Waals surface area contributed by atoms with Gasteiger partial charge >= 0.3 is 6.09 Å². The van der Waals surface area contributed by atoms with E-state index in [1.807, 2.05) is 73.7 Å². The van der Waals surface area contributed by atoms with Gasteiger partial charge in [0, 0.05) is 11.7 Å². The molecule has 0 heterocycles. The highest BCUT2D eigenvalue weighted by Crippen LogP contribution is 2.29. The van der Waals surface area contributed by atoms with E-state index < -0.39 is 17.7 Å². The third-order valence-electron chi connectivity index (χ3n) is 6.95. The van der Waals surface area contributed by atoms with Crippen LogP contribution in [0.3, 0.4) is 0 Å². The fourth-order valence-electron chi connectivity index (χ4n) is 4.76. The lowest BCUT2D eigenvalue weighted by Crippen LogP contribution is -2.50. The van der Waals surface area contributed by atoms with Gasteiger partial charge in [0.25, 0.3) is 5.91 Å². The number of ether oxygens (including phenoxy) is 1. The highest BCUT2D eigenvalue weighted by molar-refractivity contribution is 6.00. The molecule has 0 aromatic heterocycles. The summed E-state index contributed by atoms with van der Waals surface area (Å²) in [7, 11) is 0. The Labute approximate surface area is 244 Å². The number of nitrogens with one attached hydrogen (secondary N) is 2. The third kappa shape index (κ3) is 9.34. The first kappa shape index (κ1) is 31.7. The number of fused-ring (bicyclic) bond motifs is 1. The highest BCUT2D eigenvalue weighted by Gasteiger charge is 2.35. The van der Waals surface area contributed by atoms with E-state index >= 15 is 0 Å². The topological polar surface area (TPSA) is 87.7 Å². The number of anilines is 1. The minimum Gasteiger partial charge on any atom is -0.444 e. The molecule has 0 spiro atoms. The number of nitrogens with zero attached hydrogens (tertiary/aromatic N) is 1. The summed E-state index contributed by atoms with van der Waals surface area (Å²) in [6.45, 7) is 13.3. The maximum Gasteiger partial charge on any atom is 0.408 e. The summed E-state index contributed by atoms with van der Waals surface area (Å²) in [5.74, 6) is -0.236. The van der Waals surface area contributed by atoms with Crippen molar-refractivity contribution in [3.8, 4) is 0 Å². The lowest BCUT2D eigenvalue weighted by atomic mass is 9.97. The van der Waals surface area contributed by atoms with Gasteiger partial charge in [-0.25, -0.2) is 4.79 Å². The van der Waals surface area contributed by atoms with Crippen LogP contribution in [0.4, 0.5) is 10.5 Å². The molecule has 0 bridgehead atoms. The van der Waals surface area contributed by atoms with E-state index in [1.165, 1.54) is 0 Å². The maximum absolute atomic E-state index is 14.1. The van der Waals surface area contributed by atoms with Crippen molar-refractivity contribution in [2.45, 2.75) is 85.4 Å². The van der Waals surface area contributed by atoms with Crippen LogP contribution < -0.4 is 10.6 Å². The molecular formula is C34H45N3O4. The van der Waals surface area contributed by atoms with Crippen LogP contribution in [0.15, 0.2) is 66.7 Å². The standard InChI is InChI=1S/C34H45N3O4/c1-8-25-15-17-27(18-16-25)31(32(39)36-29-20-19-26-11-9-10-12-28(26)21-29)37(24(4)14-13-23(2)3)30(38)22-35-33(40)41-34(5,6)7/h9-12,15-21,23-24,31H,8,13-14,22H2,1-7H3,(H,35,40)(H,36,39). The number of carbonyl (C=O) groups is 3. The van der Waals surface area contributed by atoms with Gasteiger partial charge in [-0.3, -0.25) is 9.59 Å². The van der Waals surface area contributed by atoms with E-state index in [2.05, 4.69) is 31.4 Å². The van der Waals surface area contributed by atoms with Gasteiger partial charge in [0.1, 0.15) is 18.2 Å². The van der Waals surface area contributed by atoms with Gasteiger partial charge in [0.15, 0.2) is 0 Å². The van der Waals surface area contributed by atoms with Crippen LogP contribution in [0.2, 0.25) is 0 Å². The van der Waals surface area contributed by atoms with Crippen molar-refractivity contribution in [1.82, 2.24) is 10.2 Å². The Bertz CT molecular complexity index is 1330. The first-order valence-electron chi connectivity index (χ1n) is 14.5. The molecule has 0 aliphatic carbocycles. The third-order valence-corrected chi connectivity index (χ3v) is 6.95. The van der Waals surface area contributed by atoms with Crippen molar-refractivity contribution < 1.29 is 19.1 Å². The molecule has 7 heteroatoms. The second-order valence-corrected chi connectivity index (χ2v) is 12.0. The average molecular weight is 560 g/mol. The zero-order chi connectivity index (χ0) is 30.2. The predicted molar refractivity (Wildman–Crippen MR) is 166 cm³/mol. The molecule has 0 aliphatic heterocycles. The van der Waals surface area contributed by atoms with E-state index in [9.17, 15) is 14.4 Å². The van der Waals surface area contributed by atoms with Crippen LogP contribution in [-0.4, -0.2) is 41.0 Å². The van der Waals surface area contributed by atoms with Gasteiger partial charge in [0.2, 0.25) is 5.91 Å². The van der Waals surface area contributed by atoms with Crippen LogP contribution >= 0.6 is 0 Å². The molecule has 2 unspecified atom stereocenters. The van der Waals surface area contributed by atoms with Gasteiger partial charge in [-0.1, -0.05) is 75.4 Å². The number of hydrogen-bond donors (Lipinski definition) is 2. The number of carbonyl (C=O) groups excluding carboxylic acids is 3. The van der Waals surface area contributed by atoms with Crippen molar-refractivity contribution >= 4 is 34.4 Å². The van der Waals surface area contributed by atoms with Crippen molar-refractivity contribution in [3.05, 3.63) is 77.9 Å². The zero-order valence-corrected chi connectivity index (χ0v) is 25.5. The number of benzene rings is 3. The van der Waals surface area contributed by atoms with Gasteiger partial charge in [-0.05, 0) is 86.9 Å². The number of hydrogen-bond acceptors (Lipinski definition) is 4. The molecular weight excluding hydrogens is 514 g/mol. The Kier molecular flexibility index (Phi) is 10.9. The summed E-state index contributed by atoms with van der Waals surface area (Å²) in [5.41, 5.74) is 1.81. The second kappa shape index (κ2) is 14.2. The quantitative estimate of drug-likeness (QED) is 0.259. The van der Waals surface area contributed by atoms with Gasteiger partial charge in [0.05, 0.1) is 0 Å². The Morgan fingerprint density at radius 1 is 0.878 bits per heavy atom. The largest absolute Gasteiger partial charge is 0.444 e. The van der Waals surface area contributed by atoms with Gasteiger partial charge < -0.3 is 20.3 Å². The van der Waals surface area contributed by atoms with Crippen LogP contribution in [0.1, 0.15) is 78.5 Å². The second-order valence-electron chi connectivity index (χ2n) is 12.0. The molecule has 0 aliphatic rings. The highest BCUT2D eigenvalue weighted by atomic mass is 16.6. The predicted octanol–water partition coefficient (Wildman–Crippen LogP) is 7.26. The molecule has 3 aromatic rings. The summed E-state index contributed by atoms with van der Waals surface area (Å²) < 4.78 is 5.34. The SMILES string of the molecule is CCc1ccc(C(C(=O)Nc2ccc3ccccc3c2)N(C(=O)CNC(=O)OC(C)(C)C)C(C)CCC(C)C)cc1. The molecule has 3 amide bonds. The van der Waals surface area contributed by atoms with Crippen LogP contribution in [0.5, 0.6) is 0 Å². The molecule has 0 radical (unpaired) electrons. The smallest absolute Gasteiger partial charge is 0.408 e. The van der Waals surface area contributed by atoms with E-state index in [-0.39, 0.29) is 24.4 Å². The van der Waals surface area contributed by atoms with E-state index in [0.29, 0.717) is 23.6 Å². The summed E-state index contributed by atoms with van der Waals surface area (Å²) in [4.78, 5) is 41.9. The number of rotatable bonds is 11. The van der Waals surface area contributed by atoms with E-state index in [1.54, 1.807) is 25.7 Å². The van der Waals surface area contributed by atoms with Crippen molar-refractivity contribution in [2.24, 2.45) is 5.92 Å². The van der Waals surface area contributed by atoms with Gasteiger partial charge in [-0.15, -0.1) is 0 Å². The summed E-state index contributed by atoms with van der Waals surface area (Å²) >= 11 is 0. The molecule has 0 saturated heterocycles. The first-order chi connectivity index (χ1) is 19.4. The molecule has 3 aromatic carbocycles. The Hall–Kier alpha value is -3.87. The maximum atomic E-state index is 14.1. The molecule has 0 fully saturated rings. The van der Waals surface area contributed by atoms with Crippen molar-refractivity contribution in [3.63, 3.8) is 0 Å². The lowest BCUT2D eigenvalue weighted by molar-refractivity contribution is -0.140. The van der Waals surface area contributed by atoms with E-state index in [0.717, 1.165) is 29.2 Å². The molecule has 0 saturated carbocycles. The van der Waals surface area contributed by atoms with Crippen molar-refractivity contribution in [2.75, 3.05) is 11.9 Å². The zero-order valence-electron chi connectivity index (χ0n) is 25.5. The molecule has 2 N–H and O–H groups in total. The Balaban J connectivity index is 1.98. The lowest BCUT2D eigenvalue weighted by Gasteiger charge is -2.36. The fraction of sp³-hybridized carbons (Fsp3) is 0.441. The molecule has 2 atom stereocenters. The normalized spacial score (nSPS) is 13.0. The molecule has 41 heavy (non-hydrogen) atoms. The first-order valence-corrected chi connectivity index (χ1v) is 14.5. The number of alkyl carbamates (subject to hydrolysis) is 1.